The molecule has 0 amide bonds. The number of ether oxygens (including phenoxy) is 1. The Kier molecular flexibility index (Phi) is 6.35. The summed E-state index contributed by atoms with van der Waals surface area (Å²) in [5.74, 6) is 1.37. The van der Waals surface area contributed by atoms with E-state index in [0.29, 0.717) is 5.88 Å². The normalized spacial score (nSPS) is 14.3. The van der Waals surface area contributed by atoms with Crippen molar-refractivity contribution in [2.24, 2.45) is 0 Å². The zero-order valence-electron chi connectivity index (χ0n) is 22.1. The number of anilines is 1. The Labute approximate surface area is 217 Å². The molecular weight excluding hydrogens is 467 g/mol. The van der Waals surface area contributed by atoms with E-state index in [9.17, 15) is 4.39 Å². The van der Waals surface area contributed by atoms with Crippen LogP contribution in [-0.4, -0.2) is 56.3 Å². The zero-order chi connectivity index (χ0) is 26.3. The molecule has 1 fully saturated rings. The lowest BCUT2D eigenvalue weighted by molar-refractivity contribution is 0.00163. The molecule has 0 atom stereocenters. The van der Waals surface area contributed by atoms with Crippen molar-refractivity contribution in [2.45, 2.75) is 40.2 Å². The molecule has 7 nitrogen and oxygen atoms in total. The summed E-state index contributed by atoms with van der Waals surface area (Å²) < 4.78 is 21.6. The topological polar surface area (TPSA) is 58.8 Å². The smallest absolute Gasteiger partial charge is 0.182 e. The number of rotatable bonds is 5. The predicted octanol–water partition coefficient (Wildman–Crippen LogP) is 5.62. The standard InChI is InChI=1S/C29H33FN6O/c1-19-20(2)28(35-17-15-34(16-18-35)21(3)37-29(4,5)6)33-36-26(23-11-13-31-14-12-23)25(32-27(19)36)22-7-9-24(30)10-8-22/h7-14H,3,15-18H2,1-2,4-6H3. The Morgan fingerprint density at radius 1 is 0.919 bits per heavy atom. The molecule has 192 valence electrons. The number of hydrogen-bond acceptors (Lipinski definition) is 6. The van der Waals surface area contributed by atoms with E-state index in [1.807, 2.05) is 37.4 Å². The maximum absolute atomic E-state index is 13.7. The summed E-state index contributed by atoms with van der Waals surface area (Å²) in [5.41, 5.74) is 6.09. The van der Waals surface area contributed by atoms with E-state index in [-0.39, 0.29) is 11.4 Å². The van der Waals surface area contributed by atoms with Gasteiger partial charge in [-0.2, -0.15) is 0 Å². The van der Waals surface area contributed by atoms with Crippen LogP contribution in [0.15, 0.2) is 61.3 Å². The molecule has 0 N–H and O–H groups in total. The van der Waals surface area contributed by atoms with Gasteiger partial charge in [-0.05, 0) is 77.6 Å². The quantitative estimate of drug-likeness (QED) is 0.332. The lowest BCUT2D eigenvalue weighted by atomic mass is 10.1. The monoisotopic (exact) mass is 500 g/mol. The van der Waals surface area contributed by atoms with Crippen molar-refractivity contribution >= 4 is 11.5 Å². The van der Waals surface area contributed by atoms with Crippen LogP contribution in [0.4, 0.5) is 10.2 Å². The average molecular weight is 501 g/mol. The molecule has 5 rings (SSSR count). The van der Waals surface area contributed by atoms with Gasteiger partial charge < -0.3 is 14.5 Å². The third-order valence-electron chi connectivity index (χ3n) is 6.71. The maximum Gasteiger partial charge on any atom is 0.182 e. The van der Waals surface area contributed by atoms with Gasteiger partial charge >= 0.3 is 0 Å². The molecule has 1 aliphatic heterocycles. The number of aryl methyl sites for hydroxylation is 1. The summed E-state index contributed by atoms with van der Waals surface area (Å²) in [6.45, 7) is 17.6. The Morgan fingerprint density at radius 3 is 2.19 bits per heavy atom. The Hall–Kier alpha value is -3.94. The minimum Gasteiger partial charge on any atom is -0.474 e. The van der Waals surface area contributed by atoms with Crippen LogP contribution in [-0.2, 0) is 4.74 Å². The number of nitrogens with zero attached hydrogens (tertiary/aromatic N) is 6. The molecular formula is C29H33FN6O. The van der Waals surface area contributed by atoms with E-state index in [1.165, 1.54) is 12.1 Å². The van der Waals surface area contributed by atoms with Crippen molar-refractivity contribution in [3.63, 3.8) is 0 Å². The summed E-state index contributed by atoms with van der Waals surface area (Å²) in [5, 5.41) is 5.14. The molecule has 0 unspecified atom stereocenters. The van der Waals surface area contributed by atoms with Gasteiger partial charge in [-0.15, -0.1) is 5.10 Å². The molecule has 8 heteroatoms. The van der Waals surface area contributed by atoms with Crippen LogP contribution in [0.1, 0.15) is 31.9 Å². The molecule has 3 aromatic heterocycles. The van der Waals surface area contributed by atoms with Crippen LogP contribution >= 0.6 is 0 Å². The molecule has 0 radical (unpaired) electrons. The van der Waals surface area contributed by atoms with E-state index in [4.69, 9.17) is 14.8 Å². The first kappa shape index (κ1) is 24.7. The second-order valence-corrected chi connectivity index (χ2v) is 10.4. The van der Waals surface area contributed by atoms with E-state index in [0.717, 1.165) is 71.3 Å². The number of halogens is 1. The fourth-order valence-electron chi connectivity index (χ4n) is 4.72. The zero-order valence-corrected chi connectivity index (χ0v) is 22.1. The third-order valence-corrected chi connectivity index (χ3v) is 6.71. The molecule has 1 saturated heterocycles. The van der Waals surface area contributed by atoms with Crippen LogP contribution < -0.4 is 4.90 Å². The summed E-state index contributed by atoms with van der Waals surface area (Å²) in [6.07, 6.45) is 3.52. The van der Waals surface area contributed by atoms with Crippen LogP contribution in [0, 0.1) is 19.7 Å². The SMILES string of the molecule is C=C(OC(C)(C)C)N1CCN(c2nn3c(-c4ccncc4)c(-c4ccc(F)cc4)nc3c(C)c2C)CC1. The highest BCUT2D eigenvalue weighted by Crippen LogP contribution is 2.35. The highest BCUT2D eigenvalue weighted by molar-refractivity contribution is 5.82. The van der Waals surface area contributed by atoms with E-state index in [2.05, 4.69) is 35.2 Å². The van der Waals surface area contributed by atoms with Crippen molar-refractivity contribution in [1.82, 2.24) is 24.5 Å². The first-order chi connectivity index (χ1) is 17.6. The van der Waals surface area contributed by atoms with Gasteiger partial charge in [0.15, 0.2) is 17.3 Å². The number of piperazine rings is 1. The molecule has 1 aromatic carbocycles. The second kappa shape index (κ2) is 9.50. The van der Waals surface area contributed by atoms with Crippen LogP contribution in [0.5, 0.6) is 0 Å². The highest BCUT2D eigenvalue weighted by atomic mass is 19.1. The van der Waals surface area contributed by atoms with Gasteiger partial charge in [0.2, 0.25) is 0 Å². The molecule has 0 spiro atoms. The van der Waals surface area contributed by atoms with Gasteiger partial charge in [0.25, 0.3) is 0 Å². The van der Waals surface area contributed by atoms with E-state index >= 15 is 0 Å². The Morgan fingerprint density at radius 2 is 1.57 bits per heavy atom. The van der Waals surface area contributed by atoms with Gasteiger partial charge in [-0.25, -0.2) is 13.9 Å². The minimum absolute atomic E-state index is 0.276. The summed E-state index contributed by atoms with van der Waals surface area (Å²) in [6, 6.07) is 10.3. The molecule has 4 heterocycles. The number of fused-ring (bicyclic) bond motifs is 1. The van der Waals surface area contributed by atoms with Crippen molar-refractivity contribution in [3.05, 3.63) is 78.2 Å². The third kappa shape index (κ3) is 4.88. The fraction of sp³-hybridized carbons (Fsp3) is 0.345. The maximum atomic E-state index is 13.7. The lowest BCUT2D eigenvalue weighted by Gasteiger charge is -2.39. The molecule has 1 aliphatic rings. The number of benzene rings is 1. The second-order valence-electron chi connectivity index (χ2n) is 10.4. The fourth-order valence-corrected chi connectivity index (χ4v) is 4.72. The predicted molar refractivity (Wildman–Crippen MR) is 145 cm³/mol. The number of imidazole rings is 1. The van der Waals surface area contributed by atoms with Gasteiger partial charge in [0, 0.05) is 60.8 Å². The molecule has 37 heavy (non-hydrogen) atoms. The first-order valence-electron chi connectivity index (χ1n) is 12.6. The molecule has 4 aromatic rings. The van der Waals surface area contributed by atoms with Gasteiger partial charge in [0.1, 0.15) is 17.1 Å². The van der Waals surface area contributed by atoms with Crippen molar-refractivity contribution in [1.29, 1.82) is 0 Å². The van der Waals surface area contributed by atoms with E-state index in [1.54, 1.807) is 24.5 Å². The summed E-state index contributed by atoms with van der Waals surface area (Å²) in [4.78, 5) is 13.7. The van der Waals surface area contributed by atoms with Gasteiger partial charge in [-0.3, -0.25) is 4.98 Å². The van der Waals surface area contributed by atoms with Crippen molar-refractivity contribution in [3.8, 4) is 22.5 Å². The van der Waals surface area contributed by atoms with E-state index < -0.39 is 0 Å². The van der Waals surface area contributed by atoms with Crippen LogP contribution in [0.2, 0.25) is 0 Å². The van der Waals surface area contributed by atoms with Gasteiger partial charge in [0.05, 0.1) is 5.69 Å². The first-order valence-corrected chi connectivity index (χ1v) is 12.6. The molecule has 0 saturated carbocycles. The van der Waals surface area contributed by atoms with Gasteiger partial charge in [-0.1, -0.05) is 0 Å². The average Bonchev–Trinajstić information content (AvgIpc) is 3.26. The minimum atomic E-state index is -0.278. The summed E-state index contributed by atoms with van der Waals surface area (Å²) >= 11 is 0. The highest BCUT2D eigenvalue weighted by Gasteiger charge is 2.26. The Bertz CT molecular complexity index is 1430. The number of hydrogen-bond donors (Lipinski definition) is 0. The lowest BCUT2D eigenvalue weighted by Crippen LogP contribution is -2.47. The largest absolute Gasteiger partial charge is 0.474 e. The van der Waals surface area contributed by atoms with Crippen LogP contribution in [0.25, 0.3) is 28.2 Å². The van der Waals surface area contributed by atoms with Crippen molar-refractivity contribution < 1.29 is 9.13 Å². The van der Waals surface area contributed by atoms with Crippen LogP contribution in [0.3, 0.4) is 0 Å². The number of pyridine rings is 1. The van der Waals surface area contributed by atoms with Crippen molar-refractivity contribution in [2.75, 3.05) is 31.1 Å². The molecule has 0 bridgehead atoms. The number of aromatic nitrogens is 4. The summed E-state index contributed by atoms with van der Waals surface area (Å²) in [7, 11) is 0. The Balaban J connectivity index is 1.56. The molecule has 0 aliphatic carbocycles.